The third-order valence-electron chi connectivity index (χ3n) is 3.89. The second-order valence-corrected chi connectivity index (χ2v) is 6.29. The van der Waals surface area contributed by atoms with Gasteiger partial charge in [-0.05, 0) is 41.5 Å². The quantitative estimate of drug-likeness (QED) is 0.695. The summed E-state index contributed by atoms with van der Waals surface area (Å²) in [5.41, 5.74) is 2.12. The van der Waals surface area contributed by atoms with Crippen molar-refractivity contribution in [1.82, 2.24) is 0 Å². The van der Waals surface area contributed by atoms with E-state index in [0.717, 1.165) is 17.9 Å². The van der Waals surface area contributed by atoms with Gasteiger partial charge in [0.2, 0.25) is 0 Å². The molecule has 4 heteroatoms. The molecule has 1 aromatic rings. The van der Waals surface area contributed by atoms with Crippen molar-refractivity contribution < 1.29 is 4.39 Å². The van der Waals surface area contributed by atoms with Gasteiger partial charge in [-0.25, -0.2) is 4.39 Å². The molecule has 1 spiro atoms. The summed E-state index contributed by atoms with van der Waals surface area (Å²) < 4.78 is 14.3. The van der Waals surface area contributed by atoms with Crippen LogP contribution in [0.3, 0.4) is 0 Å². The van der Waals surface area contributed by atoms with Crippen LogP contribution in [0.25, 0.3) is 0 Å². The highest BCUT2D eigenvalue weighted by atomic mass is 127. The molecule has 2 aliphatic rings. The van der Waals surface area contributed by atoms with E-state index < -0.39 is 0 Å². The van der Waals surface area contributed by atoms with Crippen LogP contribution in [0.4, 0.5) is 15.8 Å². The normalized spacial score (nSPS) is 21.5. The number of hydrogen-bond donors (Lipinski definition) is 2. The minimum Gasteiger partial charge on any atom is -0.381 e. The van der Waals surface area contributed by atoms with Crippen LogP contribution in [0.15, 0.2) is 12.1 Å². The van der Waals surface area contributed by atoms with E-state index in [0.29, 0.717) is 3.57 Å². The third-order valence-corrected chi connectivity index (χ3v) is 4.71. The smallest absolute Gasteiger partial charge is 0.138 e. The second kappa shape index (κ2) is 4.30. The SMILES string of the molecule is Fc1cc2c(cc1I)NCC1(CCCCC1)N2. The molecule has 0 bridgehead atoms. The van der Waals surface area contributed by atoms with E-state index in [1.807, 2.05) is 28.7 Å². The van der Waals surface area contributed by atoms with Crippen LogP contribution in [0.5, 0.6) is 0 Å². The summed E-state index contributed by atoms with van der Waals surface area (Å²) in [5.74, 6) is -0.133. The summed E-state index contributed by atoms with van der Waals surface area (Å²) in [6.45, 7) is 0.960. The molecule has 1 saturated carbocycles. The molecule has 1 fully saturated rings. The predicted octanol–water partition coefficient (Wildman–Crippen LogP) is 3.97. The van der Waals surface area contributed by atoms with Crippen molar-refractivity contribution >= 4 is 34.0 Å². The molecule has 0 saturated heterocycles. The van der Waals surface area contributed by atoms with Crippen molar-refractivity contribution in [2.24, 2.45) is 0 Å². The summed E-state index contributed by atoms with van der Waals surface area (Å²) in [5, 5.41) is 7.03. The zero-order valence-electron chi connectivity index (χ0n) is 9.65. The molecule has 17 heavy (non-hydrogen) atoms. The Labute approximate surface area is 115 Å². The summed E-state index contributed by atoms with van der Waals surface area (Å²) in [6.07, 6.45) is 6.26. The second-order valence-electron chi connectivity index (χ2n) is 5.13. The van der Waals surface area contributed by atoms with Gasteiger partial charge < -0.3 is 10.6 Å². The average molecular weight is 346 g/mol. The van der Waals surface area contributed by atoms with Gasteiger partial charge in [0, 0.05) is 12.6 Å². The zero-order valence-corrected chi connectivity index (χ0v) is 11.8. The van der Waals surface area contributed by atoms with Gasteiger partial charge in [0.15, 0.2) is 0 Å². The van der Waals surface area contributed by atoms with Gasteiger partial charge in [0.05, 0.1) is 20.5 Å². The van der Waals surface area contributed by atoms with Crippen molar-refractivity contribution in [3.8, 4) is 0 Å². The number of nitrogens with one attached hydrogen (secondary N) is 2. The van der Waals surface area contributed by atoms with Gasteiger partial charge in [0.1, 0.15) is 5.82 Å². The standard InChI is InChI=1S/C13H16FIN2/c14-9-6-12-11(7-10(9)15)16-8-13(17-12)4-2-1-3-5-13/h6-7,16-17H,1-5,8H2. The molecule has 1 aliphatic carbocycles. The Balaban J connectivity index is 1.91. The Kier molecular flexibility index (Phi) is 2.92. The van der Waals surface area contributed by atoms with Crippen molar-refractivity contribution in [2.45, 2.75) is 37.6 Å². The minimum absolute atomic E-state index is 0.133. The lowest BCUT2D eigenvalue weighted by Gasteiger charge is -2.43. The summed E-state index contributed by atoms with van der Waals surface area (Å²) in [7, 11) is 0. The van der Waals surface area contributed by atoms with Crippen molar-refractivity contribution in [1.29, 1.82) is 0 Å². The number of fused-ring (bicyclic) bond motifs is 1. The van der Waals surface area contributed by atoms with Crippen LogP contribution in [0.2, 0.25) is 0 Å². The molecule has 1 heterocycles. The number of benzene rings is 1. The van der Waals surface area contributed by atoms with Gasteiger partial charge in [0.25, 0.3) is 0 Å². The molecular weight excluding hydrogens is 330 g/mol. The largest absolute Gasteiger partial charge is 0.381 e. The number of halogens is 2. The molecular formula is C13H16FIN2. The molecule has 0 amide bonds. The van der Waals surface area contributed by atoms with Gasteiger partial charge >= 0.3 is 0 Å². The van der Waals surface area contributed by atoms with Gasteiger partial charge in [-0.2, -0.15) is 0 Å². The maximum atomic E-state index is 13.6. The van der Waals surface area contributed by atoms with E-state index in [2.05, 4.69) is 10.6 Å². The van der Waals surface area contributed by atoms with E-state index >= 15 is 0 Å². The molecule has 0 radical (unpaired) electrons. The van der Waals surface area contributed by atoms with E-state index in [1.54, 1.807) is 6.07 Å². The highest BCUT2D eigenvalue weighted by Crippen LogP contribution is 2.39. The summed E-state index contributed by atoms with van der Waals surface area (Å²) in [6, 6.07) is 3.51. The Hall–Kier alpha value is -0.520. The van der Waals surface area contributed by atoms with Crippen LogP contribution >= 0.6 is 22.6 Å². The first-order valence-corrected chi connectivity index (χ1v) is 7.28. The molecule has 92 valence electrons. The molecule has 0 unspecified atom stereocenters. The highest BCUT2D eigenvalue weighted by Gasteiger charge is 2.35. The first-order valence-electron chi connectivity index (χ1n) is 6.20. The first kappa shape index (κ1) is 11.6. The number of hydrogen-bond acceptors (Lipinski definition) is 2. The molecule has 2 N–H and O–H groups in total. The van der Waals surface area contributed by atoms with Gasteiger partial charge in [-0.3, -0.25) is 0 Å². The highest BCUT2D eigenvalue weighted by molar-refractivity contribution is 14.1. The minimum atomic E-state index is -0.133. The lowest BCUT2D eigenvalue weighted by Crippen LogP contribution is -2.49. The molecule has 0 atom stereocenters. The first-order chi connectivity index (χ1) is 8.19. The van der Waals surface area contributed by atoms with E-state index in [4.69, 9.17) is 0 Å². The fourth-order valence-corrected chi connectivity index (χ4v) is 3.39. The average Bonchev–Trinajstić information content (AvgIpc) is 2.33. The summed E-state index contributed by atoms with van der Waals surface area (Å²) in [4.78, 5) is 0. The van der Waals surface area contributed by atoms with Crippen molar-refractivity contribution in [2.75, 3.05) is 17.2 Å². The van der Waals surface area contributed by atoms with Crippen LogP contribution in [-0.2, 0) is 0 Å². The fourth-order valence-electron chi connectivity index (χ4n) is 2.92. The maximum absolute atomic E-state index is 13.6. The van der Waals surface area contributed by atoms with Gasteiger partial charge in [-0.1, -0.05) is 19.3 Å². The topological polar surface area (TPSA) is 24.1 Å². The lowest BCUT2D eigenvalue weighted by molar-refractivity contribution is 0.334. The van der Waals surface area contributed by atoms with Gasteiger partial charge in [-0.15, -0.1) is 0 Å². The molecule has 1 aliphatic heterocycles. The Morgan fingerprint density at radius 2 is 1.88 bits per heavy atom. The van der Waals surface area contributed by atoms with Crippen LogP contribution < -0.4 is 10.6 Å². The van der Waals surface area contributed by atoms with E-state index in [1.165, 1.54) is 32.1 Å². The van der Waals surface area contributed by atoms with Crippen molar-refractivity contribution in [3.05, 3.63) is 21.5 Å². The van der Waals surface area contributed by atoms with Crippen molar-refractivity contribution in [3.63, 3.8) is 0 Å². The summed E-state index contributed by atoms with van der Waals surface area (Å²) >= 11 is 2.03. The monoisotopic (exact) mass is 346 g/mol. The van der Waals surface area contributed by atoms with Crippen LogP contribution in [0, 0.1) is 9.39 Å². The Morgan fingerprint density at radius 3 is 2.65 bits per heavy atom. The molecule has 0 aromatic heterocycles. The van der Waals surface area contributed by atoms with Crippen LogP contribution in [-0.4, -0.2) is 12.1 Å². The molecule has 3 rings (SSSR count). The zero-order chi connectivity index (χ0) is 11.9. The van der Waals surface area contributed by atoms with Crippen LogP contribution in [0.1, 0.15) is 32.1 Å². The van der Waals surface area contributed by atoms with E-state index in [9.17, 15) is 4.39 Å². The Bertz CT molecular complexity index is 441. The lowest BCUT2D eigenvalue weighted by atomic mass is 9.80. The number of anilines is 2. The third kappa shape index (κ3) is 2.11. The molecule has 2 nitrogen and oxygen atoms in total. The predicted molar refractivity (Wildman–Crippen MR) is 77.0 cm³/mol. The fraction of sp³-hybridized carbons (Fsp3) is 0.538. The molecule has 1 aromatic carbocycles. The van der Waals surface area contributed by atoms with E-state index in [-0.39, 0.29) is 11.4 Å². The number of rotatable bonds is 0. The maximum Gasteiger partial charge on any atom is 0.138 e. The Morgan fingerprint density at radius 1 is 1.12 bits per heavy atom.